The Balaban J connectivity index is 2.10. The van der Waals surface area contributed by atoms with Crippen molar-refractivity contribution in [1.29, 1.82) is 0 Å². The highest BCUT2D eigenvalue weighted by Gasteiger charge is 2.59. The van der Waals surface area contributed by atoms with Gasteiger partial charge in [-0.25, -0.2) is 4.98 Å². The molecule has 1 aliphatic rings. The summed E-state index contributed by atoms with van der Waals surface area (Å²) in [4.78, 5) is 21.5. The lowest BCUT2D eigenvalue weighted by atomic mass is 9.81. The van der Waals surface area contributed by atoms with Crippen LogP contribution in [0.2, 0.25) is 0 Å². The van der Waals surface area contributed by atoms with Crippen molar-refractivity contribution < 1.29 is 18.0 Å². The maximum atomic E-state index is 14.0. The van der Waals surface area contributed by atoms with Gasteiger partial charge < -0.3 is 4.90 Å². The highest BCUT2D eigenvalue weighted by molar-refractivity contribution is 5.93. The average molecular weight is 335 g/mol. The fraction of sp³-hybridized carbons (Fsp3) is 0.353. The molecule has 1 aromatic heterocycles. The Morgan fingerprint density at radius 3 is 2.54 bits per heavy atom. The molecule has 2 aromatic rings. The average Bonchev–Trinajstić information content (AvgIpc) is 2.54. The second-order valence-electron chi connectivity index (χ2n) is 5.98. The van der Waals surface area contributed by atoms with Gasteiger partial charge in [-0.15, -0.1) is 0 Å². The molecular formula is C17H16F3N3O. The van der Waals surface area contributed by atoms with Crippen molar-refractivity contribution in [1.82, 2.24) is 14.9 Å². The molecule has 0 aliphatic carbocycles. The highest BCUT2D eigenvalue weighted by atomic mass is 19.4. The molecule has 1 amide bonds. The first kappa shape index (κ1) is 16.4. The molecule has 126 valence electrons. The first-order valence-corrected chi connectivity index (χ1v) is 7.51. The molecule has 2 heterocycles. The smallest absolute Gasteiger partial charge is 0.319 e. The largest absolute Gasteiger partial charge is 0.415 e. The van der Waals surface area contributed by atoms with Gasteiger partial charge in [0.1, 0.15) is 5.69 Å². The van der Waals surface area contributed by atoms with Gasteiger partial charge in [-0.3, -0.25) is 9.78 Å². The molecule has 1 aromatic carbocycles. The summed E-state index contributed by atoms with van der Waals surface area (Å²) in [7, 11) is 0. The Labute approximate surface area is 137 Å². The minimum Gasteiger partial charge on any atom is -0.319 e. The number of rotatable bonds is 1. The SMILES string of the molecule is Cc1cnc(C(=O)N2CCc3ccccc3[C@@]2(C)C(F)(F)F)cn1. The summed E-state index contributed by atoms with van der Waals surface area (Å²) in [5.74, 6) is -0.767. The summed E-state index contributed by atoms with van der Waals surface area (Å²) in [6.45, 7) is 2.71. The number of alkyl halides is 3. The van der Waals surface area contributed by atoms with Crippen LogP contribution in [0.3, 0.4) is 0 Å². The minimum atomic E-state index is -4.61. The maximum absolute atomic E-state index is 14.0. The van der Waals surface area contributed by atoms with Gasteiger partial charge in [-0.2, -0.15) is 13.2 Å². The van der Waals surface area contributed by atoms with Crippen molar-refractivity contribution in [3.05, 3.63) is 59.2 Å². The number of amides is 1. The van der Waals surface area contributed by atoms with Gasteiger partial charge >= 0.3 is 6.18 Å². The van der Waals surface area contributed by atoms with Gasteiger partial charge in [0.25, 0.3) is 5.91 Å². The van der Waals surface area contributed by atoms with Gasteiger partial charge in [0.05, 0.1) is 11.9 Å². The molecule has 0 saturated carbocycles. The summed E-state index contributed by atoms with van der Waals surface area (Å²) in [5, 5.41) is 0. The fourth-order valence-corrected chi connectivity index (χ4v) is 3.07. The van der Waals surface area contributed by atoms with E-state index >= 15 is 0 Å². The van der Waals surface area contributed by atoms with Gasteiger partial charge in [-0.05, 0) is 31.4 Å². The number of hydrogen-bond donors (Lipinski definition) is 0. The molecule has 24 heavy (non-hydrogen) atoms. The van der Waals surface area contributed by atoms with Crippen LogP contribution in [0.1, 0.15) is 34.2 Å². The van der Waals surface area contributed by atoms with E-state index in [0.29, 0.717) is 17.7 Å². The summed E-state index contributed by atoms with van der Waals surface area (Å²) in [5.41, 5.74) is -1.18. The standard InChI is InChI=1S/C17H16F3N3O/c1-11-9-22-14(10-21-11)15(24)23-8-7-12-5-3-4-6-13(12)16(23,2)17(18,19)20/h3-6,9-10H,7-8H2,1-2H3/t16-/m0/s1. The topological polar surface area (TPSA) is 46.1 Å². The third-order valence-corrected chi connectivity index (χ3v) is 4.48. The predicted octanol–water partition coefficient (Wildman–Crippen LogP) is 3.26. The molecule has 0 spiro atoms. The van der Waals surface area contributed by atoms with Crippen LogP contribution in [0.4, 0.5) is 13.2 Å². The lowest BCUT2D eigenvalue weighted by Crippen LogP contribution is -2.59. The van der Waals surface area contributed by atoms with Crippen LogP contribution in [0.15, 0.2) is 36.7 Å². The monoisotopic (exact) mass is 335 g/mol. The van der Waals surface area contributed by atoms with E-state index in [2.05, 4.69) is 9.97 Å². The number of aryl methyl sites for hydroxylation is 1. The summed E-state index contributed by atoms with van der Waals surface area (Å²) < 4.78 is 41.9. The molecule has 1 aliphatic heterocycles. The van der Waals surface area contributed by atoms with E-state index in [1.807, 2.05) is 0 Å². The van der Waals surface area contributed by atoms with Gasteiger partial charge in [0, 0.05) is 12.7 Å². The normalized spacial score (nSPS) is 20.6. The van der Waals surface area contributed by atoms with Crippen molar-refractivity contribution in [2.75, 3.05) is 6.54 Å². The summed E-state index contributed by atoms with van der Waals surface area (Å²) >= 11 is 0. The van der Waals surface area contributed by atoms with Crippen LogP contribution in [0, 0.1) is 6.92 Å². The summed E-state index contributed by atoms with van der Waals surface area (Å²) in [6, 6.07) is 6.37. The van der Waals surface area contributed by atoms with Crippen molar-refractivity contribution >= 4 is 5.91 Å². The van der Waals surface area contributed by atoms with E-state index in [1.54, 1.807) is 25.1 Å². The Bertz CT molecular complexity index is 773. The Kier molecular flexibility index (Phi) is 3.81. The number of halogens is 3. The van der Waals surface area contributed by atoms with Crippen LogP contribution >= 0.6 is 0 Å². The van der Waals surface area contributed by atoms with Crippen molar-refractivity contribution in [2.24, 2.45) is 0 Å². The van der Waals surface area contributed by atoms with E-state index in [0.717, 1.165) is 11.8 Å². The fourth-order valence-electron chi connectivity index (χ4n) is 3.07. The van der Waals surface area contributed by atoms with Crippen LogP contribution in [-0.2, 0) is 12.0 Å². The molecule has 0 radical (unpaired) electrons. The number of fused-ring (bicyclic) bond motifs is 1. The molecule has 0 bridgehead atoms. The zero-order valence-corrected chi connectivity index (χ0v) is 13.3. The first-order chi connectivity index (χ1) is 11.2. The molecule has 4 nitrogen and oxygen atoms in total. The van der Waals surface area contributed by atoms with Crippen LogP contribution in [0.25, 0.3) is 0 Å². The zero-order valence-electron chi connectivity index (χ0n) is 13.3. The van der Waals surface area contributed by atoms with Crippen LogP contribution in [0.5, 0.6) is 0 Å². The number of carbonyl (C=O) groups is 1. The molecule has 0 saturated heterocycles. The number of nitrogens with zero attached hydrogens (tertiary/aromatic N) is 3. The molecule has 1 atom stereocenters. The Hall–Kier alpha value is -2.44. The van der Waals surface area contributed by atoms with E-state index in [4.69, 9.17) is 0 Å². The van der Waals surface area contributed by atoms with Crippen molar-refractivity contribution in [2.45, 2.75) is 32.0 Å². The predicted molar refractivity (Wildman–Crippen MR) is 81.4 cm³/mol. The molecule has 0 fully saturated rings. The number of hydrogen-bond acceptors (Lipinski definition) is 3. The van der Waals surface area contributed by atoms with Crippen molar-refractivity contribution in [3.8, 4) is 0 Å². The first-order valence-electron chi connectivity index (χ1n) is 7.51. The van der Waals surface area contributed by atoms with E-state index in [9.17, 15) is 18.0 Å². The van der Waals surface area contributed by atoms with E-state index in [-0.39, 0.29) is 17.8 Å². The lowest BCUT2D eigenvalue weighted by Gasteiger charge is -2.46. The van der Waals surface area contributed by atoms with Crippen molar-refractivity contribution in [3.63, 3.8) is 0 Å². The summed E-state index contributed by atoms with van der Waals surface area (Å²) in [6.07, 6.45) is -1.66. The van der Waals surface area contributed by atoms with Gasteiger partial charge in [0.2, 0.25) is 0 Å². The van der Waals surface area contributed by atoms with E-state index < -0.39 is 17.6 Å². The molecule has 0 N–H and O–H groups in total. The lowest BCUT2D eigenvalue weighted by molar-refractivity contribution is -0.225. The quantitative estimate of drug-likeness (QED) is 0.804. The van der Waals surface area contributed by atoms with Crippen LogP contribution < -0.4 is 0 Å². The number of aromatic nitrogens is 2. The molecular weight excluding hydrogens is 319 g/mol. The number of benzene rings is 1. The van der Waals surface area contributed by atoms with E-state index in [1.165, 1.54) is 18.5 Å². The van der Waals surface area contributed by atoms with Crippen LogP contribution in [-0.4, -0.2) is 33.5 Å². The molecule has 0 unspecified atom stereocenters. The molecule has 7 heteroatoms. The third-order valence-electron chi connectivity index (χ3n) is 4.48. The Morgan fingerprint density at radius 1 is 1.21 bits per heavy atom. The second kappa shape index (κ2) is 5.58. The van der Waals surface area contributed by atoms with Gasteiger partial charge in [-0.1, -0.05) is 24.3 Å². The third kappa shape index (κ3) is 2.44. The number of carbonyl (C=O) groups excluding carboxylic acids is 1. The zero-order chi connectivity index (χ0) is 17.5. The minimum absolute atomic E-state index is 0.0264. The Morgan fingerprint density at radius 2 is 1.92 bits per heavy atom. The second-order valence-corrected chi connectivity index (χ2v) is 5.98. The maximum Gasteiger partial charge on any atom is 0.415 e. The van der Waals surface area contributed by atoms with Gasteiger partial charge in [0.15, 0.2) is 5.54 Å². The highest BCUT2D eigenvalue weighted by Crippen LogP contribution is 2.47. The molecule has 3 rings (SSSR count).